The third-order valence-electron chi connectivity index (χ3n) is 3.02. The van der Waals surface area contributed by atoms with Crippen LogP contribution in [-0.4, -0.2) is 25.9 Å². The van der Waals surface area contributed by atoms with Crippen LogP contribution < -0.4 is 15.2 Å². The SMILES string of the molecule is COc1cccc([C@H](N)C(C)(C)CO)c1OC. The average Bonchev–Trinajstić information content (AvgIpc) is 2.36. The summed E-state index contributed by atoms with van der Waals surface area (Å²) in [6.45, 7) is 3.84. The van der Waals surface area contributed by atoms with Crippen LogP contribution in [0.3, 0.4) is 0 Å². The highest BCUT2D eigenvalue weighted by molar-refractivity contribution is 5.48. The Labute approximate surface area is 102 Å². The van der Waals surface area contributed by atoms with Gasteiger partial charge in [-0.25, -0.2) is 0 Å². The summed E-state index contributed by atoms with van der Waals surface area (Å²) in [5, 5.41) is 9.36. The lowest BCUT2D eigenvalue weighted by molar-refractivity contribution is 0.131. The summed E-state index contributed by atoms with van der Waals surface area (Å²) in [5.74, 6) is 1.28. The number of aliphatic hydroxyl groups excluding tert-OH is 1. The number of ether oxygens (including phenoxy) is 2. The van der Waals surface area contributed by atoms with E-state index in [0.29, 0.717) is 11.5 Å². The molecule has 1 rings (SSSR count). The molecule has 0 aromatic heterocycles. The maximum absolute atomic E-state index is 9.36. The molecule has 1 aromatic rings. The first kappa shape index (κ1) is 13.8. The molecule has 0 spiro atoms. The lowest BCUT2D eigenvalue weighted by Crippen LogP contribution is -2.32. The zero-order valence-electron chi connectivity index (χ0n) is 10.9. The third kappa shape index (κ3) is 2.70. The van der Waals surface area contributed by atoms with E-state index in [1.54, 1.807) is 14.2 Å². The molecule has 0 saturated heterocycles. The molecule has 0 bridgehead atoms. The van der Waals surface area contributed by atoms with Gasteiger partial charge in [-0.2, -0.15) is 0 Å². The fraction of sp³-hybridized carbons (Fsp3) is 0.538. The Bertz CT molecular complexity index is 377. The Balaban J connectivity index is 3.22. The molecule has 17 heavy (non-hydrogen) atoms. The van der Waals surface area contributed by atoms with E-state index in [1.807, 2.05) is 32.0 Å². The molecule has 1 aromatic carbocycles. The first-order valence-corrected chi connectivity index (χ1v) is 5.55. The van der Waals surface area contributed by atoms with Crippen molar-refractivity contribution in [2.45, 2.75) is 19.9 Å². The van der Waals surface area contributed by atoms with Gasteiger partial charge in [-0.3, -0.25) is 0 Å². The van der Waals surface area contributed by atoms with Crippen molar-refractivity contribution in [1.29, 1.82) is 0 Å². The quantitative estimate of drug-likeness (QED) is 0.821. The lowest BCUT2D eigenvalue weighted by Gasteiger charge is -2.31. The molecular formula is C13H21NO3. The molecule has 0 amide bonds. The summed E-state index contributed by atoms with van der Waals surface area (Å²) in [4.78, 5) is 0. The molecule has 0 fully saturated rings. The van der Waals surface area contributed by atoms with Gasteiger partial charge in [-0.05, 0) is 6.07 Å². The van der Waals surface area contributed by atoms with E-state index >= 15 is 0 Å². The van der Waals surface area contributed by atoms with Crippen LogP contribution in [0.25, 0.3) is 0 Å². The van der Waals surface area contributed by atoms with Crippen molar-refractivity contribution in [3.8, 4) is 11.5 Å². The molecule has 96 valence electrons. The smallest absolute Gasteiger partial charge is 0.165 e. The van der Waals surface area contributed by atoms with Crippen LogP contribution in [0, 0.1) is 5.41 Å². The van der Waals surface area contributed by atoms with E-state index < -0.39 is 5.41 Å². The highest BCUT2D eigenvalue weighted by atomic mass is 16.5. The summed E-state index contributed by atoms with van der Waals surface area (Å²) >= 11 is 0. The van der Waals surface area contributed by atoms with Crippen molar-refractivity contribution in [2.24, 2.45) is 11.1 Å². The van der Waals surface area contributed by atoms with Crippen molar-refractivity contribution in [2.75, 3.05) is 20.8 Å². The number of hydrogen-bond acceptors (Lipinski definition) is 4. The second-order valence-electron chi connectivity index (χ2n) is 4.71. The highest BCUT2D eigenvalue weighted by Crippen LogP contribution is 2.40. The topological polar surface area (TPSA) is 64.7 Å². The Hall–Kier alpha value is -1.26. The van der Waals surface area contributed by atoms with Crippen LogP contribution in [0.15, 0.2) is 18.2 Å². The molecular weight excluding hydrogens is 218 g/mol. The maximum atomic E-state index is 9.36. The van der Waals surface area contributed by atoms with Crippen molar-refractivity contribution in [3.05, 3.63) is 23.8 Å². The van der Waals surface area contributed by atoms with E-state index in [4.69, 9.17) is 15.2 Å². The largest absolute Gasteiger partial charge is 0.493 e. The molecule has 0 saturated carbocycles. The Morgan fingerprint density at radius 3 is 2.41 bits per heavy atom. The number of aliphatic hydroxyl groups is 1. The highest BCUT2D eigenvalue weighted by Gasteiger charge is 2.30. The molecule has 3 N–H and O–H groups in total. The van der Waals surface area contributed by atoms with E-state index in [0.717, 1.165) is 5.56 Å². The number of nitrogens with two attached hydrogens (primary N) is 1. The molecule has 0 radical (unpaired) electrons. The van der Waals surface area contributed by atoms with E-state index in [1.165, 1.54) is 0 Å². The van der Waals surface area contributed by atoms with Gasteiger partial charge in [0.15, 0.2) is 11.5 Å². The van der Waals surface area contributed by atoms with E-state index in [2.05, 4.69) is 0 Å². The minimum Gasteiger partial charge on any atom is -0.493 e. The summed E-state index contributed by atoms with van der Waals surface area (Å²) in [5.41, 5.74) is 6.61. The van der Waals surface area contributed by atoms with Gasteiger partial charge in [0.2, 0.25) is 0 Å². The normalized spacial score (nSPS) is 13.3. The van der Waals surface area contributed by atoms with Crippen molar-refractivity contribution < 1.29 is 14.6 Å². The molecule has 4 heteroatoms. The maximum Gasteiger partial charge on any atom is 0.165 e. The van der Waals surface area contributed by atoms with Gasteiger partial charge in [0.1, 0.15) is 0 Å². The monoisotopic (exact) mass is 239 g/mol. The van der Waals surface area contributed by atoms with Crippen molar-refractivity contribution in [1.82, 2.24) is 0 Å². The first-order chi connectivity index (χ1) is 7.97. The zero-order valence-corrected chi connectivity index (χ0v) is 10.9. The second-order valence-corrected chi connectivity index (χ2v) is 4.71. The Kier molecular flexibility index (Phi) is 4.37. The number of hydrogen-bond donors (Lipinski definition) is 2. The van der Waals surface area contributed by atoms with Crippen LogP contribution in [-0.2, 0) is 0 Å². The molecule has 0 unspecified atom stereocenters. The Morgan fingerprint density at radius 2 is 1.94 bits per heavy atom. The zero-order chi connectivity index (χ0) is 13.1. The molecule has 4 nitrogen and oxygen atoms in total. The molecule has 0 aliphatic rings. The van der Waals surface area contributed by atoms with Gasteiger partial charge >= 0.3 is 0 Å². The van der Waals surface area contributed by atoms with Gasteiger partial charge in [-0.15, -0.1) is 0 Å². The van der Waals surface area contributed by atoms with Gasteiger partial charge in [0.05, 0.1) is 14.2 Å². The van der Waals surface area contributed by atoms with Crippen LogP contribution in [0.5, 0.6) is 11.5 Å². The number of para-hydroxylation sites is 1. The first-order valence-electron chi connectivity index (χ1n) is 5.55. The summed E-state index contributed by atoms with van der Waals surface area (Å²) in [6.07, 6.45) is 0. The van der Waals surface area contributed by atoms with Crippen LogP contribution in [0.4, 0.5) is 0 Å². The lowest BCUT2D eigenvalue weighted by atomic mass is 9.81. The van der Waals surface area contributed by atoms with Gasteiger partial charge in [0.25, 0.3) is 0 Å². The number of rotatable bonds is 5. The molecule has 0 aliphatic heterocycles. The predicted molar refractivity (Wildman–Crippen MR) is 67.3 cm³/mol. The standard InChI is InChI=1S/C13H21NO3/c1-13(2,8-15)12(14)9-6-5-7-10(16-3)11(9)17-4/h5-7,12,15H,8,14H2,1-4H3/t12-/m0/s1. The van der Waals surface area contributed by atoms with Gasteiger partial charge in [-0.1, -0.05) is 26.0 Å². The summed E-state index contributed by atoms with van der Waals surface area (Å²) in [7, 11) is 3.17. The van der Waals surface area contributed by atoms with E-state index in [-0.39, 0.29) is 12.6 Å². The molecule has 0 aliphatic carbocycles. The fourth-order valence-corrected chi connectivity index (χ4v) is 1.68. The van der Waals surface area contributed by atoms with Crippen molar-refractivity contribution >= 4 is 0 Å². The van der Waals surface area contributed by atoms with Crippen LogP contribution in [0.2, 0.25) is 0 Å². The fourth-order valence-electron chi connectivity index (χ4n) is 1.68. The van der Waals surface area contributed by atoms with Crippen LogP contribution in [0.1, 0.15) is 25.5 Å². The second kappa shape index (κ2) is 5.38. The Morgan fingerprint density at radius 1 is 1.29 bits per heavy atom. The number of benzene rings is 1. The molecule has 1 atom stereocenters. The third-order valence-corrected chi connectivity index (χ3v) is 3.02. The molecule has 0 heterocycles. The minimum atomic E-state index is -0.417. The van der Waals surface area contributed by atoms with E-state index in [9.17, 15) is 5.11 Å². The summed E-state index contributed by atoms with van der Waals surface area (Å²) < 4.78 is 10.6. The summed E-state index contributed by atoms with van der Waals surface area (Å²) in [6, 6.07) is 5.26. The minimum absolute atomic E-state index is 0.00846. The van der Waals surface area contributed by atoms with Gasteiger partial charge < -0.3 is 20.3 Å². The predicted octanol–water partition coefficient (Wildman–Crippen LogP) is 1.72. The van der Waals surface area contributed by atoms with Crippen LogP contribution >= 0.6 is 0 Å². The van der Waals surface area contributed by atoms with Crippen molar-refractivity contribution in [3.63, 3.8) is 0 Å². The number of methoxy groups -OCH3 is 2. The average molecular weight is 239 g/mol. The van der Waals surface area contributed by atoms with Gasteiger partial charge in [0, 0.05) is 23.6 Å².